The molecule has 0 aliphatic rings. The third-order valence-corrected chi connectivity index (χ3v) is 4.63. The summed E-state index contributed by atoms with van der Waals surface area (Å²) in [7, 11) is 5.31. The van der Waals surface area contributed by atoms with E-state index < -0.39 is 11.7 Å². The highest BCUT2D eigenvalue weighted by atomic mass is 16.5. The van der Waals surface area contributed by atoms with Crippen LogP contribution in [0.1, 0.15) is 0 Å². The molecular formula is C25H25N3O4. The minimum atomic E-state index is -0.772. The molecule has 0 radical (unpaired) electrons. The van der Waals surface area contributed by atoms with Gasteiger partial charge in [0.05, 0.1) is 23.7 Å². The first kappa shape index (κ1) is 22.6. The number of anilines is 2. The van der Waals surface area contributed by atoms with Crippen molar-refractivity contribution in [3.05, 3.63) is 89.3 Å². The standard InChI is InChI=1S/C23H18N2O4.C2H7N/c1-28-19-14-8-7-13-18(19)20-16-11-5-6-12-17(16)22(26)29-21(20)25(23(24)27)15-9-3-2-4-10-15;1-3-2/h2-14H,1H3,(H2,24,27);3H,1-2H3. The molecule has 0 aliphatic carbocycles. The molecule has 2 amide bonds. The van der Waals surface area contributed by atoms with E-state index in [2.05, 4.69) is 5.32 Å². The molecule has 0 bridgehead atoms. The molecule has 0 fully saturated rings. The molecule has 164 valence electrons. The van der Waals surface area contributed by atoms with E-state index in [0.29, 0.717) is 33.3 Å². The van der Waals surface area contributed by atoms with Crippen molar-refractivity contribution in [2.75, 3.05) is 26.1 Å². The van der Waals surface area contributed by atoms with Crippen LogP contribution in [-0.2, 0) is 0 Å². The molecule has 0 spiro atoms. The summed E-state index contributed by atoms with van der Waals surface area (Å²) in [5, 5.41) is 3.78. The van der Waals surface area contributed by atoms with Crippen LogP contribution in [0, 0.1) is 0 Å². The zero-order valence-electron chi connectivity index (χ0n) is 18.2. The quantitative estimate of drug-likeness (QED) is 0.495. The Morgan fingerprint density at radius 1 is 0.906 bits per heavy atom. The molecule has 7 heteroatoms. The average Bonchev–Trinajstić information content (AvgIpc) is 2.80. The van der Waals surface area contributed by atoms with E-state index >= 15 is 0 Å². The van der Waals surface area contributed by atoms with Crippen LogP contribution in [0.15, 0.2) is 88.1 Å². The van der Waals surface area contributed by atoms with Gasteiger partial charge in [-0.05, 0) is 38.4 Å². The van der Waals surface area contributed by atoms with E-state index in [4.69, 9.17) is 14.9 Å². The second-order valence-corrected chi connectivity index (χ2v) is 6.82. The summed E-state index contributed by atoms with van der Waals surface area (Å²) in [6.07, 6.45) is 0. The molecular weight excluding hydrogens is 406 g/mol. The summed E-state index contributed by atoms with van der Waals surface area (Å²) < 4.78 is 11.2. The molecule has 7 nitrogen and oxygen atoms in total. The zero-order chi connectivity index (χ0) is 23.1. The molecule has 0 unspecified atom stereocenters. The Balaban J connectivity index is 0.000000913. The van der Waals surface area contributed by atoms with Crippen LogP contribution in [0.4, 0.5) is 16.4 Å². The van der Waals surface area contributed by atoms with Gasteiger partial charge in [0.15, 0.2) is 0 Å². The number of para-hydroxylation sites is 2. The molecule has 3 N–H and O–H groups in total. The number of urea groups is 1. The molecule has 4 aromatic rings. The number of nitrogens with two attached hydrogens (primary N) is 1. The number of ether oxygens (including phenoxy) is 1. The summed E-state index contributed by atoms with van der Waals surface area (Å²) in [4.78, 5) is 26.3. The van der Waals surface area contributed by atoms with Crippen molar-refractivity contribution in [3.8, 4) is 16.9 Å². The van der Waals surface area contributed by atoms with Gasteiger partial charge in [-0.15, -0.1) is 0 Å². The maximum Gasteiger partial charge on any atom is 0.345 e. The maximum atomic E-state index is 12.7. The summed E-state index contributed by atoms with van der Waals surface area (Å²) in [6, 6.07) is 22.4. The van der Waals surface area contributed by atoms with Gasteiger partial charge in [-0.1, -0.05) is 54.6 Å². The molecule has 0 saturated carbocycles. The second-order valence-electron chi connectivity index (χ2n) is 6.82. The number of benzene rings is 3. The third kappa shape index (κ3) is 4.48. The number of carbonyl (C=O) groups excluding carboxylic acids is 1. The van der Waals surface area contributed by atoms with E-state index in [1.165, 1.54) is 4.90 Å². The number of primary amides is 1. The largest absolute Gasteiger partial charge is 0.496 e. The minimum absolute atomic E-state index is 0.0388. The topological polar surface area (TPSA) is 97.8 Å². The van der Waals surface area contributed by atoms with Gasteiger partial charge in [-0.25, -0.2) is 14.5 Å². The molecule has 32 heavy (non-hydrogen) atoms. The Labute approximate surface area is 186 Å². The van der Waals surface area contributed by atoms with E-state index in [9.17, 15) is 9.59 Å². The lowest BCUT2D eigenvalue weighted by Gasteiger charge is -2.23. The summed E-state index contributed by atoms with van der Waals surface area (Å²) in [5.74, 6) is 0.613. The Kier molecular flexibility index (Phi) is 7.25. The van der Waals surface area contributed by atoms with Crippen molar-refractivity contribution in [1.82, 2.24) is 5.32 Å². The Morgan fingerprint density at radius 3 is 2.09 bits per heavy atom. The zero-order valence-corrected chi connectivity index (χ0v) is 18.2. The van der Waals surface area contributed by atoms with Crippen molar-refractivity contribution in [2.24, 2.45) is 5.73 Å². The fourth-order valence-corrected chi connectivity index (χ4v) is 3.38. The van der Waals surface area contributed by atoms with Crippen LogP contribution in [0.5, 0.6) is 5.75 Å². The lowest BCUT2D eigenvalue weighted by Crippen LogP contribution is -2.32. The fourth-order valence-electron chi connectivity index (χ4n) is 3.38. The summed E-state index contributed by atoms with van der Waals surface area (Å²) in [6.45, 7) is 0. The number of methoxy groups -OCH3 is 1. The first-order valence-electron chi connectivity index (χ1n) is 9.95. The number of hydrogen-bond acceptors (Lipinski definition) is 5. The predicted molar refractivity (Wildman–Crippen MR) is 128 cm³/mol. The number of carbonyl (C=O) groups is 1. The van der Waals surface area contributed by atoms with E-state index in [0.717, 1.165) is 0 Å². The number of nitrogens with one attached hydrogen (secondary N) is 1. The van der Waals surface area contributed by atoms with Crippen molar-refractivity contribution < 1.29 is 13.9 Å². The molecule has 1 heterocycles. The third-order valence-electron chi connectivity index (χ3n) is 4.63. The highest BCUT2D eigenvalue weighted by molar-refractivity contribution is 6.08. The van der Waals surface area contributed by atoms with Gasteiger partial charge in [0.25, 0.3) is 0 Å². The Morgan fingerprint density at radius 2 is 1.47 bits per heavy atom. The van der Waals surface area contributed by atoms with Gasteiger partial charge >= 0.3 is 11.7 Å². The Bertz CT molecular complexity index is 1270. The van der Waals surface area contributed by atoms with E-state index in [1.807, 2.05) is 50.5 Å². The van der Waals surface area contributed by atoms with Gasteiger partial charge in [0.1, 0.15) is 5.75 Å². The Hall–Kier alpha value is -4.10. The fraction of sp³-hybridized carbons (Fsp3) is 0.120. The highest BCUT2D eigenvalue weighted by Crippen LogP contribution is 2.42. The molecule has 3 aromatic carbocycles. The number of hydrogen-bond donors (Lipinski definition) is 2. The van der Waals surface area contributed by atoms with Crippen LogP contribution in [0.25, 0.3) is 21.9 Å². The SMILES string of the molecule is CNC.COc1ccccc1-c1c(N(C(N)=O)c2ccccc2)oc(=O)c2ccccc12. The number of rotatable bonds is 4. The van der Waals surface area contributed by atoms with Crippen LogP contribution in [0.3, 0.4) is 0 Å². The lowest BCUT2D eigenvalue weighted by molar-refractivity contribution is 0.255. The van der Waals surface area contributed by atoms with Crippen molar-refractivity contribution in [1.29, 1.82) is 0 Å². The van der Waals surface area contributed by atoms with Gasteiger partial charge in [-0.2, -0.15) is 0 Å². The number of fused-ring (bicyclic) bond motifs is 1. The van der Waals surface area contributed by atoms with E-state index in [1.54, 1.807) is 49.6 Å². The molecule has 0 atom stereocenters. The average molecular weight is 431 g/mol. The van der Waals surface area contributed by atoms with Gasteiger partial charge in [-0.3, -0.25) is 0 Å². The van der Waals surface area contributed by atoms with Gasteiger partial charge in [0.2, 0.25) is 5.88 Å². The van der Waals surface area contributed by atoms with Crippen molar-refractivity contribution in [2.45, 2.75) is 0 Å². The smallest absolute Gasteiger partial charge is 0.345 e. The number of amides is 2. The summed E-state index contributed by atoms with van der Waals surface area (Å²) in [5.41, 5.74) is 6.84. The monoisotopic (exact) mass is 431 g/mol. The second kappa shape index (κ2) is 10.3. The maximum absolute atomic E-state index is 12.7. The van der Waals surface area contributed by atoms with Crippen LogP contribution in [-0.4, -0.2) is 27.2 Å². The molecule has 0 aliphatic heterocycles. The van der Waals surface area contributed by atoms with Crippen molar-refractivity contribution >= 4 is 28.4 Å². The molecule has 4 rings (SSSR count). The van der Waals surface area contributed by atoms with Crippen LogP contribution < -0.4 is 26.3 Å². The van der Waals surface area contributed by atoms with Gasteiger partial charge < -0.3 is 20.2 Å². The first-order chi connectivity index (χ1) is 15.5. The van der Waals surface area contributed by atoms with E-state index in [-0.39, 0.29) is 5.88 Å². The number of nitrogens with zero attached hydrogens (tertiary/aromatic N) is 1. The normalized spacial score (nSPS) is 10.2. The minimum Gasteiger partial charge on any atom is -0.496 e. The molecule has 1 aromatic heterocycles. The first-order valence-corrected chi connectivity index (χ1v) is 9.95. The van der Waals surface area contributed by atoms with Crippen molar-refractivity contribution in [3.63, 3.8) is 0 Å². The van der Waals surface area contributed by atoms with Gasteiger partial charge in [0, 0.05) is 10.9 Å². The van der Waals surface area contributed by atoms with Crippen LogP contribution >= 0.6 is 0 Å². The van der Waals surface area contributed by atoms with Crippen LogP contribution in [0.2, 0.25) is 0 Å². The predicted octanol–water partition coefficient (Wildman–Crippen LogP) is 4.52. The lowest BCUT2D eigenvalue weighted by atomic mass is 9.99. The molecule has 0 saturated heterocycles. The summed E-state index contributed by atoms with van der Waals surface area (Å²) >= 11 is 0. The highest BCUT2D eigenvalue weighted by Gasteiger charge is 2.26.